The fourth-order valence-electron chi connectivity index (χ4n) is 4.22. The summed E-state index contributed by atoms with van der Waals surface area (Å²) in [6.45, 7) is 2.01. The van der Waals surface area contributed by atoms with Crippen molar-refractivity contribution in [3.05, 3.63) is 70.7 Å². The van der Waals surface area contributed by atoms with Crippen molar-refractivity contribution in [3.63, 3.8) is 0 Å². The van der Waals surface area contributed by atoms with E-state index >= 15 is 0 Å². The zero-order chi connectivity index (χ0) is 17.6. The first kappa shape index (κ1) is 16.1. The van der Waals surface area contributed by atoms with E-state index in [1.807, 2.05) is 44.3 Å². The van der Waals surface area contributed by atoms with Crippen LogP contribution in [0.25, 0.3) is 10.9 Å². The van der Waals surface area contributed by atoms with Crippen LogP contribution in [0.1, 0.15) is 52.4 Å². The second-order valence-electron chi connectivity index (χ2n) is 7.14. The minimum absolute atomic E-state index is 0.0955. The van der Waals surface area contributed by atoms with Gasteiger partial charge in [0.2, 0.25) is 0 Å². The number of carbonyl (C=O) groups excluding carboxylic acids is 1. The lowest BCUT2D eigenvalue weighted by Crippen LogP contribution is -2.15. The molecule has 0 radical (unpaired) electrons. The van der Waals surface area contributed by atoms with E-state index in [4.69, 9.17) is 0 Å². The summed E-state index contributed by atoms with van der Waals surface area (Å²) >= 11 is 0. The molecule has 1 atom stereocenters. The molecule has 0 amide bonds. The molecule has 0 spiro atoms. The Morgan fingerprint density at radius 1 is 1.20 bits per heavy atom. The summed E-state index contributed by atoms with van der Waals surface area (Å²) in [6, 6.07) is 13.0. The summed E-state index contributed by atoms with van der Waals surface area (Å²) in [4.78, 5) is 12.8. The predicted octanol–water partition coefficient (Wildman–Crippen LogP) is 5.32. The van der Waals surface area contributed by atoms with Gasteiger partial charge in [0.1, 0.15) is 5.82 Å². The maximum absolute atomic E-state index is 14.6. The quantitative estimate of drug-likeness (QED) is 0.594. The summed E-state index contributed by atoms with van der Waals surface area (Å²) in [5.74, 6) is 0.0633. The fraction of sp³-hybridized carbons (Fsp3) is 0.318. The molecule has 2 aromatic carbocycles. The number of Topliss-reactive ketones (excluding diaryl/α,β-unsaturated/α-hetero) is 1. The van der Waals surface area contributed by atoms with Gasteiger partial charge in [-0.3, -0.25) is 4.79 Å². The summed E-state index contributed by atoms with van der Waals surface area (Å²) in [6.07, 6.45) is 3.39. The highest BCUT2D eigenvalue weighted by Gasteiger charge is 2.29. The van der Waals surface area contributed by atoms with Crippen molar-refractivity contribution >= 4 is 16.7 Å². The number of fused-ring (bicyclic) bond motifs is 3. The molecule has 2 nitrogen and oxygen atoms in total. The molecule has 3 heteroatoms. The number of aryl methyl sites for hydroxylation is 2. The zero-order valence-corrected chi connectivity index (χ0v) is 14.7. The normalized spacial score (nSPS) is 16.8. The van der Waals surface area contributed by atoms with Crippen molar-refractivity contribution in [2.45, 2.75) is 38.5 Å². The molecule has 1 aromatic heterocycles. The highest BCUT2D eigenvalue weighted by atomic mass is 19.1. The van der Waals surface area contributed by atoms with Crippen molar-refractivity contribution in [2.75, 3.05) is 0 Å². The second kappa shape index (κ2) is 6.14. The molecule has 0 fully saturated rings. The first-order valence-electron chi connectivity index (χ1n) is 8.92. The average Bonchev–Trinajstić information content (AvgIpc) is 2.91. The minimum atomic E-state index is -0.177. The molecule has 0 bridgehead atoms. The van der Waals surface area contributed by atoms with Gasteiger partial charge >= 0.3 is 0 Å². The van der Waals surface area contributed by atoms with Crippen LogP contribution >= 0.6 is 0 Å². The molecule has 1 aliphatic rings. The van der Waals surface area contributed by atoms with Crippen LogP contribution in [0.5, 0.6) is 0 Å². The van der Waals surface area contributed by atoms with Crippen LogP contribution in [-0.2, 0) is 13.5 Å². The number of hydrogen-bond acceptors (Lipinski definition) is 1. The Balaban J connectivity index is 1.74. The number of hydrogen-bond donors (Lipinski definition) is 0. The third-order valence-electron chi connectivity index (χ3n) is 5.52. The average molecular weight is 335 g/mol. The van der Waals surface area contributed by atoms with Gasteiger partial charge < -0.3 is 4.57 Å². The van der Waals surface area contributed by atoms with E-state index in [1.165, 1.54) is 11.8 Å². The van der Waals surface area contributed by atoms with Gasteiger partial charge in [0.25, 0.3) is 0 Å². The van der Waals surface area contributed by atoms with Crippen molar-refractivity contribution < 1.29 is 9.18 Å². The molecule has 0 saturated carbocycles. The third kappa shape index (κ3) is 2.68. The van der Waals surface area contributed by atoms with Gasteiger partial charge in [0.15, 0.2) is 5.78 Å². The maximum atomic E-state index is 14.6. The van der Waals surface area contributed by atoms with Crippen molar-refractivity contribution in [2.24, 2.45) is 7.05 Å². The monoisotopic (exact) mass is 335 g/mol. The molecular formula is C22H22FNO. The molecule has 3 aromatic rings. The van der Waals surface area contributed by atoms with Gasteiger partial charge in [-0.05, 0) is 49.8 Å². The number of ketones is 1. The van der Waals surface area contributed by atoms with Crippen LogP contribution in [0.4, 0.5) is 4.39 Å². The molecule has 0 aliphatic heterocycles. The molecule has 1 aliphatic carbocycles. The summed E-state index contributed by atoms with van der Waals surface area (Å²) in [5, 5.41) is 0.710. The molecule has 1 unspecified atom stereocenters. The molecule has 25 heavy (non-hydrogen) atoms. The van der Waals surface area contributed by atoms with Crippen LogP contribution < -0.4 is 0 Å². The maximum Gasteiger partial charge on any atom is 0.163 e. The van der Waals surface area contributed by atoms with E-state index < -0.39 is 0 Å². The Kier molecular flexibility index (Phi) is 3.95. The number of benzene rings is 2. The van der Waals surface area contributed by atoms with Gasteiger partial charge in [0.05, 0.1) is 5.52 Å². The lowest BCUT2D eigenvalue weighted by Gasteiger charge is -2.23. The van der Waals surface area contributed by atoms with Crippen LogP contribution in [0.2, 0.25) is 0 Å². The summed E-state index contributed by atoms with van der Waals surface area (Å²) in [7, 11) is 2.00. The Bertz CT molecular complexity index is 952. The first-order valence-corrected chi connectivity index (χ1v) is 8.92. The third-order valence-corrected chi connectivity index (χ3v) is 5.52. The van der Waals surface area contributed by atoms with Gasteiger partial charge in [-0.15, -0.1) is 0 Å². The number of carbonyl (C=O) groups is 1. The van der Waals surface area contributed by atoms with Gasteiger partial charge in [-0.2, -0.15) is 0 Å². The van der Waals surface area contributed by atoms with Crippen molar-refractivity contribution in [3.8, 4) is 0 Å². The molecule has 4 rings (SSSR count). The van der Waals surface area contributed by atoms with E-state index in [-0.39, 0.29) is 17.5 Å². The number of aromatic nitrogens is 1. The fourth-order valence-corrected chi connectivity index (χ4v) is 4.22. The second-order valence-corrected chi connectivity index (χ2v) is 7.14. The summed E-state index contributed by atoms with van der Waals surface area (Å²) < 4.78 is 16.7. The van der Waals surface area contributed by atoms with Crippen LogP contribution in [-0.4, -0.2) is 10.4 Å². The van der Waals surface area contributed by atoms with Gasteiger partial charge in [-0.25, -0.2) is 4.39 Å². The van der Waals surface area contributed by atoms with Crippen LogP contribution in [0.15, 0.2) is 42.5 Å². The smallest absolute Gasteiger partial charge is 0.163 e. The highest BCUT2D eigenvalue weighted by Crippen LogP contribution is 2.41. The first-order chi connectivity index (χ1) is 12.1. The van der Waals surface area contributed by atoms with Crippen LogP contribution in [0.3, 0.4) is 0 Å². The Labute approximate surface area is 147 Å². The topological polar surface area (TPSA) is 22.0 Å². The molecule has 128 valence electrons. The molecular weight excluding hydrogens is 313 g/mol. The minimum Gasteiger partial charge on any atom is -0.347 e. The van der Waals surface area contributed by atoms with Crippen molar-refractivity contribution in [1.29, 1.82) is 0 Å². The van der Waals surface area contributed by atoms with E-state index in [0.29, 0.717) is 11.8 Å². The van der Waals surface area contributed by atoms with E-state index in [9.17, 15) is 9.18 Å². The van der Waals surface area contributed by atoms with E-state index in [0.717, 1.165) is 41.5 Å². The summed E-state index contributed by atoms with van der Waals surface area (Å²) in [5.41, 5.74) is 5.07. The number of rotatable bonds is 3. The van der Waals surface area contributed by atoms with Gasteiger partial charge in [-0.1, -0.05) is 35.9 Å². The Morgan fingerprint density at radius 3 is 2.72 bits per heavy atom. The molecule has 0 N–H and O–H groups in total. The largest absolute Gasteiger partial charge is 0.347 e. The Morgan fingerprint density at radius 2 is 1.96 bits per heavy atom. The zero-order valence-electron chi connectivity index (χ0n) is 14.7. The molecule has 1 heterocycles. The standard InChI is InChI=1S/C22H22FNO/c1-14-9-11-15(12-10-14)20(25)13-16-5-3-7-18-21(16)22-17(23)6-4-8-19(22)24(18)2/h4,6,8-12,16H,3,5,7,13H2,1-2H3. The lowest BCUT2D eigenvalue weighted by molar-refractivity contribution is 0.0971. The van der Waals surface area contributed by atoms with E-state index in [1.54, 1.807) is 6.07 Å². The lowest BCUT2D eigenvalue weighted by atomic mass is 9.81. The number of nitrogens with zero attached hydrogens (tertiary/aromatic N) is 1. The van der Waals surface area contributed by atoms with Crippen LogP contribution in [0, 0.1) is 12.7 Å². The van der Waals surface area contributed by atoms with Gasteiger partial charge in [0, 0.05) is 30.1 Å². The highest BCUT2D eigenvalue weighted by molar-refractivity contribution is 5.97. The van der Waals surface area contributed by atoms with E-state index in [2.05, 4.69) is 4.57 Å². The Hall–Kier alpha value is -2.42. The predicted molar refractivity (Wildman–Crippen MR) is 98.7 cm³/mol. The SMILES string of the molecule is Cc1ccc(C(=O)CC2CCCc3c2c2c(F)cccc2n3C)cc1. The van der Waals surface area contributed by atoms with Crippen molar-refractivity contribution in [1.82, 2.24) is 4.57 Å². The molecule has 0 saturated heterocycles. The number of halogens is 1.